The Balaban J connectivity index is 1.74. The normalized spacial score (nSPS) is 21.1. The van der Waals surface area contributed by atoms with E-state index in [-0.39, 0.29) is 12.7 Å². The van der Waals surface area contributed by atoms with Crippen LogP contribution in [0.25, 0.3) is 0 Å². The standard InChI is InChI=1S/C15H23NO4/c1-11-13(9-17)16-7-6-14(11)18-8-4-5-12-10-19-15(2,3)20-12/h6-7,12,17H,4-5,8-10H2,1-3H3. The number of hydrogen-bond donors (Lipinski definition) is 1. The summed E-state index contributed by atoms with van der Waals surface area (Å²) in [6.45, 7) is 6.97. The minimum absolute atomic E-state index is 0.0641. The molecule has 2 heterocycles. The lowest BCUT2D eigenvalue weighted by Crippen LogP contribution is -2.21. The van der Waals surface area contributed by atoms with Gasteiger partial charge in [0.2, 0.25) is 0 Å². The van der Waals surface area contributed by atoms with Crippen LogP contribution in [0.3, 0.4) is 0 Å². The van der Waals surface area contributed by atoms with Gasteiger partial charge in [-0.15, -0.1) is 0 Å². The van der Waals surface area contributed by atoms with Crippen LogP contribution in [0.15, 0.2) is 12.3 Å². The number of aromatic nitrogens is 1. The van der Waals surface area contributed by atoms with Crippen molar-refractivity contribution in [1.82, 2.24) is 4.98 Å². The number of nitrogens with zero attached hydrogens (tertiary/aromatic N) is 1. The second-order valence-corrected chi connectivity index (χ2v) is 5.48. The third-order valence-corrected chi connectivity index (χ3v) is 3.40. The van der Waals surface area contributed by atoms with Crippen molar-refractivity contribution < 1.29 is 19.3 Å². The van der Waals surface area contributed by atoms with Gasteiger partial charge in [0.1, 0.15) is 5.75 Å². The highest BCUT2D eigenvalue weighted by atomic mass is 16.7. The Hall–Kier alpha value is -1.17. The topological polar surface area (TPSA) is 60.8 Å². The summed E-state index contributed by atoms with van der Waals surface area (Å²) in [4.78, 5) is 4.10. The summed E-state index contributed by atoms with van der Waals surface area (Å²) in [6, 6.07) is 1.83. The van der Waals surface area contributed by atoms with Gasteiger partial charge < -0.3 is 19.3 Å². The van der Waals surface area contributed by atoms with Gasteiger partial charge in [-0.2, -0.15) is 0 Å². The van der Waals surface area contributed by atoms with E-state index in [9.17, 15) is 0 Å². The summed E-state index contributed by atoms with van der Waals surface area (Å²) >= 11 is 0. The Morgan fingerprint density at radius 1 is 1.50 bits per heavy atom. The van der Waals surface area contributed by atoms with Crippen LogP contribution < -0.4 is 4.74 Å². The first-order chi connectivity index (χ1) is 9.52. The first-order valence-electron chi connectivity index (χ1n) is 7.02. The summed E-state index contributed by atoms with van der Waals surface area (Å²) in [5.41, 5.74) is 1.56. The van der Waals surface area contributed by atoms with Crippen LogP contribution >= 0.6 is 0 Å². The number of aliphatic hydroxyl groups is 1. The average molecular weight is 281 g/mol. The summed E-state index contributed by atoms with van der Waals surface area (Å²) in [6.07, 6.45) is 3.63. The van der Waals surface area contributed by atoms with Gasteiger partial charge in [-0.1, -0.05) is 0 Å². The van der Waals surface area contributed by atoms with E-state index in [1.807, 2.05) is 26.8 Å². The maximum Gasteiger partial charge on any atom is 0.163 e. The van der Waals surface area contributed by atoms with E-state index in [1.165, 1.54) is 0 Å². The third kappa shape index (κ3) is 3.91. The Kier molecular flexibility index (Phi) is 4.96. The van der Waals surface area contributed by atoms with E-state index in [4.69, 9.17) is 19.3 Å². The van der Waals surface area contributed by atoms with E-state index in [0.717, 1.165) is 24.2 Å². The molecule has 112 valence electrons. The van der Waals surface area contributed by atoms with Crippen LogP contribution in [0.5, 0.6) is 5.75 Å². The van der Waals surface area contributed by atoms with Crippen molar-refractivity contribution in [1.29, 1.82) is 0 Å². The molecule has 1 unspecified atom stereocenters. The van der Waals surface area contributed by atoms with E-state index < -0.39 is 5.79 Å². The number of rotatable bonds is 6. The summed E-state index contributed by atoms with van der Waals surface area (Å²) < 4.78 is 17.0. The van der Waals surface area contributed by atoms with Crippen molar-refractivity contribution in [2.24, 2.45) is 0 Å². The highest BCUT2D eigenvalue weighted by molar-refractivity contribution is 5.34. The van der Waals surface area contributed by atoms with E-state index >= 15 is 0 Å². The molecule has 20 heavy (non-hydrogen) atoms. The predicted octanol–water partition coefficient (Wildman–Crippen LogP) is 2.19. The molecule has 1 aliphatic heterocycles. The van der Waals surface area contributed by atoms with Crippen LogP contribution in [0.4, 0.5) is 0 Å². The van der Waals surface area contributed by atoms with Gasteiger partial charge in [0.05, 0.1) is 31.6 Å². The van der Waals surface area contributed by atoms with Gasteiger partial charge in [0.25, 0.3) is 0 Å². The Bertz CT molecular complexity index is 447. The van der Waals surface area contributed by atoms with Gasteiger partial charge in [-0.25, -0.2) is 0 Å². The lowest BCUT2D eigenvalue weighted by Gasteiger charge is -2.17. The van der Waals surface area contributed by atoms with E-state index in [2.05, 4.69) is 4.98 Å². The maximum absolute atomic E-state index is 9.16. The zero-order valence-electron chi connectivity index (χ0n) is 12.4. The van der Waals surface area contributed by atoms with Crippen LogP contribution in [-0.2, 0) is 16.1 Å². The van der Waals surface area contributed by atoms with Gasteiger partial charge in [0, 0.05) is 11.8 Å². The number of hydrogen-bond acceptors (Lipinski definition) is 5. The molecular weight excluding hydrogens is 258 g/mol. The van der Waals surface area contributed by atoms with Crippen LogP contribution in [0, 0.1) is 6.92 Å². The molecule has 0 amide bonds. The fourth-order valence-corrected chi connectivity index (χ4v) is 2.27. The average Bonchev–Trinajstić information content (AvgIpc) is 2.76. The smallest absolute Gasteiger partial charge is 0.163 e. The molecule has 1 fully saturated rings. The first-order valence-corrected chi connectivity index (χ1v) is 7.02. The molecule has 0 aliphatic carbocycles. The quantitative estimate of drug-likeness (QED) is 0.810. The van der Waals surface area contributed by atoms with Gasteiger partial charge in [-0.3, -0.25) is 4.98 Å². The molecule has 0 bridgehead atoms. The lowest BCUT2D eigenvalue weighted by atomic mass is 10.2. The Labute approximate surface area is 119 Å². The number of pyridine rings is 1. The summed E-state index contributed by atoms with van der Waals surface area (Å²) in [5, 5.41) is 9.16. The molecule has 0 saturated carbocycles. The molecule has 1 saturated heterocycles. The largest absolute Gasteiger partial charge is 0.493 e. The molecule has 0 spiro atoms. The fraction of sp³-hybridized carbons (Fsp3) is 0.667. The zero-order chi connectivity index (χ0) is 14.6. The highest BCUT2D eigenvalue weighted by Gasteiger charge is 2.31. The van der Waals surface area contributed by atoms with Gasteiger partial charge >= 0.3 is 0 Å². The molecule has 1 aromatic rings. The van der Waals surface area contributed by atoms with E-state index in [1.54, 1.807) is 6.20 Å². The van der Waals surface area contributed by atoms with Crippen molar-refractivity contribution in [2.45, 2.75) is 52.1 Å². The summed E-state index contributed by atoms with van der Waals surface area (Å²) in [7, 11) is 0. The van der Waals surface area contributed by atoms with Crippen molar-refractivity contribution in [2.75, 3.05) is 13.2 Å². The zero-order valence-corrected chi connectivity index (χ0v) is 12.4. The molecule has 5 nitrogen and oxygen atoms in total. The van der Waals surface area contributed by atoms with Crippen molar-refractivity contribution in [3.8, 4) is 5.75 Å². The SMILES string of the molecule is Cc1c(OCCCC2COC(C)(C)O2)ccnc1CO. The Morgan fingerprint density at radius 3 is 2.95 bits per heavy atom. The van der Waals surface area contributed by atoms with Crippen molar-refractivity contribution in [3.63, 3.8) is 0 Å². The molecule has 1 atom stereocenters. The molecule has 0 radical (unpaired) electrons. The van der Waals surface area contributed by atoms with Crippen LogP contribution in [0.1, 0.15) is 37.9 Å². The second-order valence-electron chi connectivity index (χ2n) is 5.48. The highest BCUT2D eigenvalue weighted by Crippen LogP contribution is 2.25. The Morgan fingerprint density at radius 2 is 2.30 bits per heavy atom. The van der Waals surface area contributed by atoms with Gasteiger partial charge in [-0.05, 0) is 39.7 Å². The molecule has 1 aromatic heterocycles. The number of ether oxygens (including phenoxy) is 3. The minimum Gasteiger partial charge on any atom is -0.493 e. The third-order valence-electron chi connectivity index (χ3n) is 3.40. The maximum atomic E-state index is 9.16. The van der Waals surface area contributed by atoms with E-state index in [0.29, 0.717) is 18.9 Å². The molecular formula is C15H23NO4. The van der Waals surface area contributed by atoms with Crippen LogP contribution in [0.2, 0.25) is 0 Å². The predicted molar refractivity (Wildman–Crippen MR) is 74.5 cm³/mol. The van der Waals surface area contributed by atoms with Crippen molar-refractivity contribution >= 4 is 0 Å². The fourth-order valence-electron chi connectivity index (χ4n) is 2.27. The number of aliphatic hydroxyl groups excluding tert-OH is 1. The molecule has 1 aliphatic rings. The molecule has 1 N–H and O–H groups in total. The first kappa shape index (κ1) is 15.2. The van der Waals surface area contributed by atoms with Crippen LogP contribution in [-0.4, -0.2) is 35.2 Å². The minimum atomic E-state index is -0.455. The molecule has 2 rings (SSSR count). The summed E-state index contributed by atoms with van der Waals surface area (Å²) in [5.74, 6) is 0.330. The second kappa shape index (κ2) is 6.52. The lowest BCUT2D eigenvalue weighted by molar-refractivity contribution is -0.139. The van der Waals surface area contributed by atoms with Crippen molar-refractivity contribution in [3.05, 3.63) is 23.5 Å². The molecule has 5 heteroatoms. The molecule has 0 aromatic carbocycles. The monoisotopic (exact) mass is 281 g/mol. The van der Waals surface area contributed by atoms with Gasteiger partial charge in [0.15, 0.2) is 5.79 Å².